The molecule has 0 saturated carbocycles. The van der Waals surface area contributed by atoms with Crippen LogP contribution in [-0.2, 0) is 33.4 Å². The Kier molecular flexibility index (Phi) is 12.8. The number of ether oxygens (including phenoxy) is 2. The monoisotopic (exact) mass is 671 g/mol. The van der Waals surface area contributed by atoms with Gasteiger partial charge in [0.1, 0.15) is 0 Å². The van der Waals surface area contributed by atoms with Gasteiger partial charge in [0.2, 0.25) is 0 Å². The van der Waals surface area contributed by atoms with Crippen LogP contribution in [0.15, 0.2) is 146 Å². The first-order chi connectivity index (χ1) is 23.8. The standard InChI is InChI=1S/C44H53NO3Si/c1-7-35-28-30-38(31-29-35)42(48-49(44(2,3)4,39-24-16-10-17-25-39)40-26-18-11-19-27-40)32-41(43(46-5)47-6)45(33-36-20-12-8-13-21-36)34-37-22-14-9-15-23-37/h8-31,41-43H,7,32-34H2,1-6H3/t41-,42-/m0/s1. The van der Waals surface area contributed by atoms with Crippen LogP contribution in [-0.4, -0.2) is 39.8 Å². The first-order valence-electron chi connectivity index (χ1n) is 17.5. The molecule has 0 amide bonds. The van der Waals surface area contributed by atoms with Crippen LogP contribution in [0.1, 0.15) is 62.5 Å². The Bertz CT molecular complexity index is 1570. The maximum atomic E-state index is 7.96. The Morgan fingerprint density at radius 3 is 1.39 bits per heavy atom. The molecule has 2 atom stereocenters. The molecule has 5 aromatic carbocycles. The minimum absolute atomic E-state index is 0.135. The van der Waals surface area contributed by atoms with Crippen molar-refractivity contribution in [1.29, 1.82) is 0 Å². The second-order valence-electron chi connectivity index (χ2n) is 13.9. The van der Waals surface area contributed by atoms with Gasteiger partial charge in [-0.05, 0) is 50.5 Å². The first kappa shape index (κ1) is 36.4. The fourth-order valence-electron chi connectivity index (χ4n) is 7.11. The van der Waals surface area contributed by atoms with E-state index in [4.69, 9.17) is 13.9 Å². The Labute approximate surface area is 295 Å². The molecule has 5 aromatic rings. The largest absolute Gasteiger partial charge is 0.400 e. The molecule has 256 valence electrons. The number of methoxy groups -OCH3 is 2. The van der Waals surface area contributed by atoms with Gasteiger partial charge in [0.05, 0.1) is 12.1 Å². The Hall–Kier alpha value is -3.84. The molecule has 49 heavy (non-hydrogen) atoms. The third-order valence-electron chi connectivity index (χ3n) is 9.66. The summed E-state index contributed by atoms with van der Waals surface area (Å²) >= 11 is 0. The zero-order chi connectivity index (χ0) is 34.7. The smallest absolute Gasteiger partial charge is 0.261 e. The lowest BCUT2D eigenvalue weighted by atomic mass is 9.98. The van der Waals surface area contributed by atoms with E-state index in [9.17, 15) is 0 Å². The molecule has 4 nitrogen and oxygen atoms in total. The molecule has 0 spiro atoms. The summed E-state index contributed by atoms with van der Waals surface area (Å²) in [5.41, 5.74) is 4.96. The molecule has 0 bridgehead atoms. The molecule has 0 heterocycles. The summed E-state index contributed by atoms with van der Waals surface area (Å²) < 4.78 is 20.3. The van der Waals surface area contributed by atoms with Crippen molar-refractivity contribution in [2.75, 3.05) is 14.2 Å². The third-order valence-corrected chi connectivity index (χ3v) is 14.7. The molecule has 0 unspecified atom stereocenters. The zero-order valence-corrected chi connectivity index (χ0v) is 31.1. The minimum Gasteiger partial charge on any atom is -0.400 e. The predicted molar refractivity (Wildman–Crippen MR) is 206 cm³/mol. The van der Waals surface area contributed by atoms with Crippen LogP contribution >= 0.6 is 0 Å². The van der Waals surface area contributed by atoms with Crippen LogP contribution in [0.4, 0.5) is 0 Å². The van der Waals surface area contributed by atoms with Crippen LogP contribution in [0.3, 0.4) is 0 Å². The molecular formula is C44H53NO3Si. The molecular weight excluding hydrogens is 619 g/mol. The third kappa shape index (κ3) is 8.85. The molecule has 0 fully saturated rings. The lowest BCUT2D eigenvalue weighted by molar-refractivity contribution is -0.156. The maximum absolute atomic E-state index is 7.96. The molecule has 0 saturated heterocycles. The van der Waals surface area contributed by atoms with E-state index in [0.717, 1.165) is 19.5 Å². The number of hydrogen-bond acceptors (Lipinski definition) is 4. The van der Waals surface area contributed by atoms with Crippen LogP contribution in [0, 0.1) is 0 Å². The lowest BCUT2D eigenvalue weighted by Gasteiger charge is -2.46. The van der Waals surface area contributed by atoms with Gasteiger partial charge in [-0.3, -0.25) is 4.90 Å². The SMILES string of the molecule is CCc1ccc([C@H](C[C@@H](C(OC)OC)N(Cc2ccccc2)Cc2ccccc2)O[Si](c2ccccc2)(c2ccccc2)C(C)(C)C)cc1. The summed E-state index contributed by atoms with van der Waals surface area (Å²) in [5.74, 6) is 0. The topological polar surface area (TPSA) is 30.9 Å². The van der Waals surface area contributed by atoms with E-state index in [2.05, 4.69) is 178 Å². The van der Waals surface area contributed by atoms with Crippen LogP contribution < -0.4 is 10.4 Å². The summed E-state index contributed by atoms with van der Waals surface area (Å²) in [6.45, 7) is 10.7. The van der Waals surface area contributed by atoms with Gasteiger partial charge in [-0.15, -0.1) is 0 Å². The van der Waals surface area contributed by atoms with Crippen molar-refractivity contribution in [1.82, 2.24) is 4.90 Å². The molecule has 0 aliphatic carbocycles. The number of hydrogen-bond donors (Lipinski definition) is 0. The van der Waals surface area contributed by atoms with Gasteiger partial charge in [0, 0.05) is 27.3 Å². The van der Waals surface area contributed by atoms with Crippen LogP contribution in [0.5, 0.6) is 0 Å². The van der Waals surface area contributed by atoms with Crippen molar-refractivity contribution in [3.8, 4) is 0 Å². The van der Waals surface area contributed by atoms with E-state index in [1.807, 2.05) is 0 Å². The fourth-order valence-corrected chi connectivity index (χ4v) is 11.8. The summed E-state index contributed by atoms with van der Waals surface area (Å²) in [4.78, 5) is 2.50. The van der Waals surface area contributed by atoms with Crippen molar-refractivity contribution < 1.29 is 13.9 Å². The van der Waals surface area contributed by atoms with Gasteiger partial charge in [-0.2, -0.15) is 0 Å². The summed E-state index contributed by atoms with van der Waals surface area (Å²) in [6, 6.07) is 52.1. The predicted octanol–water partition coefficient (Wildman–Crippen LogP) is 8.95. The van der Waals surface area contributed by atoms with E-state index < -0.39 is 14.6 Å². The van der Waals surface area contributed by atoms with Gasteiger partial charge in [-0.1, -0.05) is 173 Å². The Morgan fingerprint density at radius 1 is 0.571 bits per heavy atom. The van der Waals surface area contributed by atoms with E-state index >= 15 is 0 Å². The molecule has 0 aromatic heterocycles. The van der Waals surface area contributed by atoms with Gasteiger partial charge in [0.15, 0.2) is 6.29 Å². The minimum atomic E-state index is -2.92. The lowest BCUT2D eigenvalue weighted by Crippen LogP contribution is -2.67. The number of nitrogens with zero attached hydrogens (tertiary/aromatic N) is 1. The highest BCUT2D eigenvalue weighted by Gasteiger charge is 2.52. The van der Waals surface area contributed by atoms with Crippen molar-refractivity contribution in [2.24, 2.45) is 0 Å². The van der Waals surface area contributed by atoms with Gasteiger partial charge in [0.25, 0.3) is 8.32 Å². The van der Waals surface area contributed by atoms with E-state index in [1.165, 1.54) is 32.6 Å². The maximum Gasteiger partial charge on any atom is 0.261 e. The average Bonchev–Trinajstić information content (AvgIpc) is 3.14. The number of rotatable bonds is 16. The van der Waals surface area contributed by atoms with Gasteiger partial charge >= 0.3 is 0 Å². The molecule has 0 radical (unpaired) electrons. The van der Waals surface area contributed by atoms with Crippen LogP contribution in [0.25, 0.3) is 0 Å². The normalized spacial score (nSPS) is 13.5. The van der Waals surface area contributed by atoms with E-state index in [-0.39, 0.29) is 17.2 Å². The number of benzene rings is 5. The van der Waals surface area contributed by atoms with Gasteiger partial charge < -0.3 is 13.9 Å². The zero-order valence-electron chi connectivity index (χ0n) is 30.1. The van der Waals surface area contributed by atoms with E-state index in [1.54, 1.807) is 14.2 Å². The highest BCUT2D eigenvalue weighted by molar-refractivity contribution is 6.99. The van der Waals surface area contributed by atoms with E-state index in [0.29, 0.717) is 6.42 Å². The second kappa shape index (κ2) is 17.2. The fraction of sp³-hybridized carbons (Fsp3) is 0.318. The van der Waals surface area contributed by atoms with Crippen molar-refractivity contribution in [3.05, 3.63) is 168 Å². The second-order valence-corrected chi connectivity index (χ2v) is 18.1. The Balaban J connectivity index is 1.68. The van der Waals surface area contributed by atoms with Crippen LogP contribution in [0.2, 0.25) is 5.04 Å². The average molecular weight is 672 g/mol. The number of aryl methyl sites for hydroxylation is 1. The molecule has 0 aliphatic heterocycles. The van der Waals surface area contributed by atoms with Crippen molar-refractivity contribution in [2.45, 2.75) is 77.1 Å². The summed E-state index contributed by atoms with van der Waals surface area (Å²) in [6.07, 6.45) is 0.930. The summed E-state index contributed by atoms with van der Waals surface area (Å²) in [7, 11) is 0.575. The van der Waals surface area contributed by atoms with Gasteiger partial charge in [-0.25, -0.2) is 0 Å². The quantitative estimate of drug-likeness (QED) is 0.0775. The highest BCUT2D eigenvalue weighted by Crippen LogP contribution is 2.42. The van der Waals surface area contributed by atoms with Crippen molar-refractivity contribution >= 4 is 18.7 Å². The summed E-state index contributed by atoms with van der Waals surface area (Å²) in [5, 5.41) is 2.35. The van der Waals surface area contributed by atoms with Crippen molar-refractivity contribution in [3.63, 3.8) is 0 Å². The molecule has 5 heteroatoms. The molecule has 0 N–H and O–H groups in total. The first-order valence-corrected chi connectivity index (χ1v) is 19.4. The Morgan fingerprint density at radius 2 is 1.00 bits per heavy atom. The molecule has 5 rings (SSSR count). The molecule has 0 aliphatic rings. The highest BCUT2D eigenvalue weighted by atomic mass is 28.4.